The molecule has 4 nitrogen and oxygen atoms in total. The Morgan fingerprint density at radius 2 is 1.21 bits per heavy atom. The second-order valence-electron chi connectivity index (χ2n) is 7.91. The van der Waals surface area contributed by atoms with Crippen LogP contribution in [0, 0.1) is 0 Å². The van der Waals surface area contributed by atoms with Gasteiger partial charge >= 0.3 is 0 Å². The molecule has 0 amide bonds. The minimum absolute atomic E-state index is 0.509. The first kappa shape index (κ1) is 22.1. The number of hydrogen-bond donors (Lipinski definition) is 3. The van der Waals surface area contributed by atoms with Crippen molar-refractivity contribution in [3.05, 3.63) is 71.8 Å². The van der Waals surface area contributed by atoms with E-state index in [0.717, 1.165) is 50.1 Å². The van der Waals surface area contributed by atoms with E-state index in [0.29, 0.717) is 17.2 Å². The van der Waals surface area contributed by atoms with Crippen LogP contribution in [0.2, 0.25) is 0 Å². The summed E-state index contributed by atoms with van der Waals surface area (Å²) < 4.78 is 0.509. The lowest BCUT2D eigenvalue weighted by molar-refractivity contribution is -0.669. The molecule has 0 bridgehead atoms. The normalized spacial score (nSPS) is 20.3. The van der Waals surface area contributed by atoms with Gasteiger partial charge < -0.3 is 45.3 Å². The number of nitrogens with two attached hydrogens (primary N) is 1. The summed E-state index contributed by atoms with van der Waals surface area (Å²) in [4.78, 5) is 1.97. The van der Waals surface area contributed by atoms with Crippen molar-refractivity contribution in [2.45, 2.75) is 36.9 Å². The quantitative estimate of drug-likeness (QED) is 0.503. The van der Waals surface area contributed by atoms with Gasteiger partial charge in [-0.05, 0) is 24.0 Å². The van der Waals surface area contributed by atoms with Crippen LogP contribution in [0.25, 0.3) is 0 Å². The molecule has 0 atom stereocenters. The van der Waals surface area contributed by atoms with Crippen LogP contribution in [-0.2, 0) is 23.8 Å². The maximum Gasteiger partial charge on any atom is 0.100 e. The van der Waals surface area contributed by atoms with E-state index in [1.807, 2.05) is 65.6 Å². The third kappa shape index (κ3) is 5.74. The van der Waals surface area contributed by atoms with E-state index in [1.54, 1.807) is 0 Å². The largest absolute Gasteiger partial charge is 0.411 e. The molecule has 0 aliphatic carbocycles. The van der Waals surface area contributed by atoms with Gasteiger partial charge in [0.2, 0.25) is 0 Å². The number of aliphatic hydroxyl groups is 2. The lowest BCUT2D eigenvalue weighted by Crippen LogP contribution is -2.87. The smallest absolute Gasteiger partial charge is 0.100 e. The summed E-state index contributed by atoms with van der Waals surface area (Å²) in [6, 6.07) is 19.8. The lowest BCUT2D eigenvalue weighted by Gasteiger charge is -2.41. The number of benzene rings is 2. The minimum Gasteiger partial charge on any atom is -0.411 e. The van der Waals surface area contributed by atoms with Crippen LogP contribution in [-0.4, -0.2) is 45.6 Å². The van der Waals surface area contributed by atoms with Gasteiger partial charge in [0.15, 0.2) is 0 Å². The average Bonchev–Trinajstić information content (AvgIpc) is 2.76. The summed E-state index contributed by atoms with van der Waals surface area (Å²) in [5.74, 6) is 0. The lowest BCUT2D eigenvalue weighted by atomic mass is 9.85. The van der Waals surface area contributed by atoms with Crippen molar-refractivity contribution in [1.29, 1.82) is 0 Å². The summed E-state index contributed by atoms with van der Waals surface area (Å²) in [6.45, 7) is 3.55. The standard InChI is InChI=1S/C12H15NOS2.C11H15NO/c14-12(10-4-2-1-3-5-10)6-8-13(9-7-12)11(15)16;13-11(6-8-12-9-7-11)10-4-2-1-3-5-10/h1-5,14H,6-9H2,(H,15,16);1-5,12-13H,6-9H2. The third-order valence-corrected chi connectivity index (χ3v) is 6.51. The fourth-order valence-corrected chi connectivity index (χ4v) is 4.45. The van der Waals surface area contributed by atoms with E-state index < -0.39 is 11.2 Å². The number of quaternary nitrogens is 1. The Kier molecular flexibility index (Phi) is 7.60. The molecular weight excluding hydrogens is 400 g/mol. The molecule has 4 rings (SSSR count). The second-order valence-corrected chi connectivity index (χ2v) is 8.95. The Bertz CT molecular complexity index is 772. The maximum absolute atomic E-state index is 10.5. The molecule has 0 aromatic heterocycles. The molecule has 2 aromatic carbocycles. The molecule has 29 heavy (non-hydrogen) atoms. The number of rotatable bonds is 2. The van der Waals surface area contributed by atoms with E-state index in [9.17, 15) is 10.2 Å². The molecule has 0 unspecified atom stereocenters. The summed E-state index contributed by atoms with van der Waals surface area (Å²) in [5.41, 5.74) is 0.793. The SMILES string of the molecule is OC1(c2ccccc2)CCN(C(=S)[S-])CC1.OC1(c2ccccc2)CC[NH2+]CC1. The zero-order valence-corrected chi connectivity index (χ0v) is 18.3. The predicted octanol–water partition coefficient (Wildman–Crippen LogP) is 2.03. The molecule has 2 heterocycles. The number of likely N-dealkylation sites (tertiary alicyclic amines) is 1. The van der Waals surface area contributed by atoms with E-state index in [2.05, 4.69) is 5.32 Å². The van der Waals surface area contributed by atoms with Gasteiger partial charge in [-0.1, -0.05) is 65.0 Å². The Hall–Kier alpha value is -1.57. The molecule has 0 spiro atoms. The third-order valence-electron chi connectivity index (χ3n) is 6.00. The van der Waals surface area contributed by atoms with Gasteiger partial charge in [0.1, 0.15) is 5.60 Å². The second kappa shape index (κ2) is 9.96. The van der Waals surface area contributed by atoms with Crippen molar-refractivity contribution < 1.29 is 15.5 Å². The van der Waals surface area contributed by atoms with Crippen molar-refractivity contribution >= 4 is 29.2 Å². The number of hydrogen-bond acceptors (Lipinski definition) is 4. The van der Waals surface area contributed by atoms with E-state index >= 15 is 0 Å². The van der Waals surface area contributed by atoms with Crippen molar-refractivity contribution in [2.24, 2.45) is 0 Å². The van der Waals surface area contributed by atoms with Crippen LogP contribution in [0.5, 0.6) is 0 Å². The van der Waals surface area contributed by atoms with Crippen molar-refractivity contribution in [3.8, 4) is 0 Å². The minimum atomic E-state index is -0.710. The van der Waals surface area contributed by atoms with Crippen molar-refractivity contribution in [3.63, 3.8) is 0 Å². The fourth-order valence-electron chi connectivity index (χ4n) is 4.08. The predicted molar refractivity (Wildman–Crippen MR) is 122 cm³/mol. The fraction of sp³-hybridized carbons (Fsp3) is 0.435. The molecule has 156 valence electrons. The number of piperidine rings is 2. The summed E-state index contributed by atoms with van der Waals surface area (Å²) >= 11 is 9.93. The average molecular weight is 431 g/mol. The van der Waals surface area contributed by atoms with Gasteiger partial charge in [-0.3, -0.25) is 0 Å². The van der Waals surface area contributed by atoms with Crippen LogP contribution in [0.4, 0.5) is 0 Å². The van der Waals surface area contributed by atoms with Crippen LogP contribution in [0.15, 0.2) is 60.7 Å². The van der Waals surface area contributed by atoms with Gasteiger partial charge in [-0.15, -0.1) is 0 Å². The maximum atomic E-state index is 10.5. The zero-order valence-electron chi connectivity index (χ0n) is 16.7. The first-order chi connectivity index (χ1) is 13.9. The van der Waals surface area contributed by atoms with Crippen LogP contribution in [0.1, 0.15) is 36.8 Å². The molecule has 2 aromatic rings. The topological polar surface area (TPSA) is 60.3 Å². The van der Waals surface area contributed by atoms with Gasteiger partial charge in [0, 0.05) is 25.9 Å². The van der Waals surface area contributed by atoms with Crippen LogP contribution >= 0.6 is 12.2 Å². The van der Waals surface area contributed by atoms with Gasteiger partial charge in [0.05, 0.1) is 18.7 Å². The Morgan fingerprint density at radius 1 is 0.793 bits per heavy atom. The molecule has 2 fully saturated rings. The van der Waals surface area contributed by atoms with Crippen LogP contribution < -0.4 is 5.32 Å². The highest BCUT2D eigenvalue weighted by Crippen LogP contribution is 2.32. The van der Waals surface area contributed by atoms with E-state index in [4.69, 9.17) is 24.8 Å². The highest BCUT2D eigenvalue weighted by Gasteiger charge is 2.33. The number of nitrogens with zero attached hydrogens (tertiary/aromatic N) is 1. The first-order valence-electron chi connectivity index (χ1n) is 10.3. The van der Waals surface area contributed by atoms with Gasteiger partial charge in [0.25, 0.3) is 0 Å². The highest BCUT2D eigenvalue weighted by molar-refractivity contribution is 8.00. The Labute approximate surface area is 184 Å². The molecule has 2 aliphatic heterocycles. The molecule has 0 saturated carbocycles. The summed E-state index contributed by atoms with van der Waals surface area (Å²) in [6.07, 6.45) is 3.12. The molecule has 2 aliphatic rings. The van der Waals surface area contributed by atoms with E-state index in [-0.39, 0.29) is 0 Å². The Morgan fingerprint density at radius 3 is 1.62 bits per heavy atom. The summed E-state index contributed by atoms with van der Waals surface area (Å²) in [5, 5.41) is 23.1. The molecule has 0 radical (unpaired) electrons. The Balaban J connectivity index is 0.000000169. The molecule has 2 saturated heterocycles. The highest BCUT2D eigenvalue weighted by atomic mass is 32.1. The molecule has 6 heteroatoms. The van der Waals surface area contributed by atoms with E-state index in [1.165, 1.54) is 0 Å². The first-order valence-corrected chi connectivity index (χ1v) is 11.1. The van der Waals surface area contributed by atoms with Gasteiger partial charge in [-0.25, -0.2) is 0 Å². The number of thiocarbonyl (C=S) groups is 1. The molecule has 4 N–H and O–H groups in total. The molecular formula is C23H30N2O2S2. The van der Waals surface area contributed by atoms with Crippen molar-refractivity contribution in [2.75, 3.05) is 26.2 Å². The summed E-state index contributed by atoms with van der Waals surface area (Å²) in [7, 11) is 0. The van der Waals surface area contributed by atoms with Gasteiger partial charge in [-0.2, -0.15) is 0 Å². The monoisotopic (exact) mass is 430 g/mol. The van der Waals surface area contributed by atoms with Crippen LogP contribution in [0.3, 0.4) is 0 Å². The van der Waals surface area contributed by atoms with Crippen molar-refractivity contribution in [1.82, 2.24) is 4.90 Å². The zero-order chi connectivity index (χ0) is 20.7.